The minimum Gasteiger partial charge on any atom is -0.457 e. The van der Waals surface area contributed by atoms with Crippen molar-refractivity contribution in [2.24, 2.45) is 17.3 Å². The zero-order valence-corrected chi connectivity index (χ0v) is 16.5. The fraction of sp³-hybridized carbons (Fsp3) is 0.636. The number of ketones is 1. The number of allylic oxidation sites excluding steroid dienone is 5. The lowest BCUT2D eigenvalue weighted by molar-refractivity contribution is -0.156. The zero-order chi connectivity index (χ0) is 18.8. The molecule has 0 amide bonds. The number of carbonyl (C=O) groups is 2. The van der Waals surface area contributed by atoms with Crippen LogP contribution in [0.5, 0.6) is 0 Å². The predicted octanol–water partition coefficient (Wildman–Crippen LogP) is 5.17. The van der Waals surface area contributed by atoms with Crippen molar-refractivity contribution in [3.63, 3.8) is 0 Å². The van der Waals surface area contributed by atoms with Crippen molar-refractivity contribution in [1.82, 2.24) is 0 Å². The van der Waals surface area contributed by atoms with Gasteiger partial charge in [-0.15, -0.1) is 0 Å². The predicted molar refractivity (Wildman–Crippen MR) is 101 cm³/mol. The number of hydrogen-bond acceptors (Lipinski definition) is 3. The molecule has 3 heteroatoms. The van der Waals surface area contributed by atoms with Crippen LogP contribution in [0, 0.1) is 17.3 Å². The van der Waals surface area contributed by atoms with E-state index in [0.29, 0.717) is 18.8 Å². The fourth-order valence-corrected chi connectivity index (χ4v) is 4.19. The summed E-state index contributed by atoms with van der Waals surface area (Å²) in [6, 6.07) is 0. The van der Waals surface area contributed by atoms with Gasteiger partial charge in [0.25, 0.3) is 0 Å². The summed E-state index contributed by atoms with van der Waals surface area (Å²) in [6.07, 6.45) is 8.63. The summed E-state index contributed by atoms with van der Waals surface area (Å²) in [7, 11) is 0. The minimum atomic E-state index is -0.376. The molecule has 0 spiro atoms. The van der Waals surface area contributed by atoms with E-state index in [1.165, 1.54) is 5.57 Å². The van der Waals surface area contributed by atoms with Gasteiger partial charge < -0.3 is 4.74 Å². The topological polar surface area (TPSA) is 43.4 Å². The summed E-state index contributed by atoms with van der Waals surface area (Å²) >= 11 is 0. The average molecular weight is 344 g/mol. The van der Waals surface area contributed by atoms with Gasteiger partial charge in [0.2, 0.25) is 0 Å². The van der Waals surface area contributed by atoms with E-state index < -0.39 is 0 Å². The molecule has 0 aromatic carbocycles. The zero-order valence-electron chi connectivity index (χ0n) is 16.5. The highest BCUT2D eigenvalue weighted by Crippen LogP contribution is 2.49. The van der Waals surface area contributed by atoms with Gasteiger partial charge in [-0.2, -0.15) is 0 Å². The summed E-state index contributed by atoms with van der Waals surface area (Å²) in [5.74, 6) is 0.276. The standard InChI is InChI=1S/C22H32O3/c1-7-8-9-17-15(4)20(13-19(17)23)25-21(24)18-11-10-16(12-14(2)3)22(18,5)6/h7-8,12,16,18,20H,9-11,13H2,1-6H3/b8-7+. The quantitative estimate of drug-likeness (QED) is 0.510. The largest absolute Gasteiger partial charge is 0.457 e. The van der Waals surface area contributed by atoms with Crippen molar-refractivity contribution in [3.8, 4) is 0 Å². The van der Waals surface area contributed by atoms with Gasteiger partial charge in [-0.3, -0.25) is 9.59 Å². The molecule has 0 aromatic heterocycles. The molecular formula is C22H32O3. The molecule has 2 aliphatic carbocycles. The molecule has 1 fully saturated rings. The number of ether oxygens (including phenoxy) is 1. The van der Waals surface area contributed by atoms with Gasteiger partial charge in [0.05, 0.1) is 12.3 Å². The SMILES string of the molecule is C/C=C/CC1=C(C)C(OC(=O)C2CCC(C=C(C)C)C2(C)C)CC1=O. The Hall–Kier alpha value is -1.64. The van der Waals surface area contributed by atoms with Crippen LogP contribution in [0.1, 0.15) is 67.2 Å². The third-order valence-electron chi connectivity index (χ3n) is 5.92. The number of rotatable bonds is 5. The van der Waals surface area contributed by atoms with Crippen molar-refractivity contribution in [2.45, 2.75) is 73.3 Å². The van der Waals surface area contributed by atoms with Crippen LogP contribution in [0.3, 0.4) is 0 Å². The first kappa shape index (κ1) is 19.7. The Balaban J connectivity index is 2.09. The molecule has 25 heavy (non-hydrogen) atoms. The highest BCUT2D eigenvalue weighted by atomic mass is 16.5. The van der Waals surface area contributed by atoms with Crippen LogP contribution < -0.4 is 0 Å². The minimum absolute atomic E-state index is 0.101. The molecule has 0 aromatic rings. The summed E-state index contributed by atoms with van der Waals surface area (Å²) in [5, 5.41) is 0. The van der Waals surface area contributed by atoms with Gasteiger partial charge in [-0.1, -0.05) is 37.6 Å². The van der Waals surface area contributed by atoms with Crippen LogP contribution >= 0.6 is 0 Å². The van der Waals surface area contributed by atoms with Crippen LogP contribution in [-0.4, -0.2) is 17.9 Å². The molecule has 0 radical (unpaired) electrons. The lowest BCUT2D eigenvalue weighted by atomic mass is 9.75. The van der Waals surface area contributed by atoms with E-state index in [-0.39, 0.29) is 29.2 Å². The Labute approximate surface area is 152 Å². The van der Waals surface area contributed by atoms with Crippen molar-refractivity contribution in [3.05, 3.63) is 34.9 Å². The maximum Gasteiger partial charge on any atom is 0.310 e. The van der Waals surface area contributed by atoms with Crippen LogP contribution in [0.2, 0.25) is 0 Å². The third-order valence-corrected chi connectivity index (χ3v) is 5.92. The Bertz CT molecular complexity index is 630. The van der Waals surface area contributed by atoms with Gasteiger partial charge >= 0.3 is 5.97 Å². The van der Waals surface area contributed by atoms with Crippen LogP contribution in [0.15, 0.2) is 34.9 Å². The third kappa shape index (κ3) is 4.13. The smallest absolute Gasteiger partial charge is 0.310 e. The molecule has 1 saturated carbocycles. The first-order chi connectivity index (χ1) is 11.7. The normalized spacial score (nSPS) is 28.7. The molecule has 138 valence electrons. The molecule has 0 aliphatic heterocycles. The molecule has 0 saturated heterocycles. The maximum atomic E-state index is 12.8. The fourth-order valence-electron chi connectivity index (χ4n) is 4.19. The molecule has 3 atom stereocenters. The van der Waals surface area contributed by atoms with Crippen molar-refractivity contribution >= 4 is 11.8 Å². The molecule has 2 rings (SSSR count). The molecule has 3 unspecified atom stereocenters. The van der Waals surface area contributed by atoms with E-state index in [4.69, 9.17) is 4.74 Å². The van der Waals surface area contributed by atoms with Crippen molar-refractivity contribution < 1.29 is 14.3 Å². The van der Waals surface area contributed by atoms with E-state index in [2.05, 4.69) is 33.8 Å². The van der Waals surface area contributed by atoms with E-state index in [1.54, 1.807) is 0 Å². The van der Waals surface area contributed by atoms with Gasteiger partial charge in [-0.05, 0) is 63.9 Å². The Morgan fingerprint density at radius 1 is 1.28 bits per heavy atom. The first-order valence-electron chi connectivity index (χ1n) is 9.38. The maximum absolute atomic E-state index is 12.8. The molecule has 0 heterocycles. The summed E-state index contributed by atoms with van der Waals surface area (Å²) < 4.78 is 5.81. The molecule has 3 nitrogen and oxygen atoms in total. The number of Topliss-reactive ketones (excluding diaryl/α,β-unsaturated/α-hetero) is 1. The van der Waals surface area contributed by atoms with E-state index >= 15 is 0 Å². The monoisotopic (exact) mass is 344 g/mol. The van der Waals surface area contributed by atoms with Crippen LogP contribution in [-0.2, 0) is 14.3 Å². The Morgan fingerprint density at radius 3 is 2.56 bits per heavy atom. The second-order valence-electron chi connectivity index (χ2n) is 8.29. The summed E-state index contributed by atoms with van der Waals surface area (Å²) in [6.45, 7) is 12.4. The van der Waals surface area contributed by atoms with Gasteiger partial charge in [0.1, 0.15) is 6.10 Å². The van der Waals surface area contributed by atoms with Crippen molar-refractivity contribution in [2.75, 3.05) is 0 Å². The van der Waals surface area contributed by atoms with E-state index in [9.17, 15) is 9.59 Å². The second-order valence-corrected chi connectivity index (χ2v) is 8.29. The Morgan fingerprint density at radius 2 is 1.96 bits per heavy atom. The lowest BCUT2D eigenvalue weighted by Gasteiger charge is -2.31. The van der Waals surface area contributed by atoms with Crippen LogP contribution in [0.25, 0.3) is 0 Å². The van der Waals surface area contributed by atoms with Crippen LogP contribution in [0.4, 0.5) is 0 Å². The Kier molecular flexibility index (Phi) is 6.08. The molecule has 2 aliphatic rings. The van der Waals surface area contributed by atoms with E-state index in [1.807, 2.05) is 26.0 Å². The number of hydrogen-bond donors (Lipinski definition) is 0. The van der Waals surface area contributed by atoms with Crippen molar-refractivity contribution in [1.29, 1.82) is 0 Å². The summed E-state index contributed by atoms with van der Waals surface area (Å²) in [5.41, 5.74) is 2.92. The molecule has 0 N–H and O–H groups in total. The molecular weight excluding hydrogens is 312 g/mol. The lowest BCUT2D eigenvalue weighted by Crippen LogP contribution is -2.33. The van der Waals surface area contributed by atoms with Gasteiger partial charge in [0, 0.05) is 5.57 Å². The molecule has 0 bridgehead atoms. The number of esters is 1. The highest BCUT2D eigenvalue weighted by Gasteiger charge is 2.47. The number of carbonyl (C=O) groups excluding carboxylic acids is 2. The highest BCUT2D eigenvalue weighted by molar-refractivity contribution is 6.00. The average Bonchev–Trinajstić information content (AvgIpc) is 2.94. The summed E-state index contributed by atoms with van der Waals surface area (Å²) in [4.78, 5) is 25.0. The second kappa shape index (κ2) is 7.72. The first-order valence-corrected chi connectivity index (χ1v) is 9.38. The van der Waals surface area contributed by atoms with Gasteiger partial charge in [0.15, 0.2) is 5.78 Å². The van der Waals surface area contributed by atoms with Gasteiger partial charge in [-0.25, -0.2) is 0 Å². The van der Waals surface area contributed by atoms with E-state index in [0.717, 1.165) is 24.0 Å².